The molecule has 3 aromatic rings. The van der Waals surface area contributed by atoms with Crippen LogP contribution in [0, 0.1) is 10.1 Å². The Kier molecular flexibility index (Phi) is 7.93. The Labute approximate surface area is 206 Å². The summed E-state index contributed by atoms with van der Waals surface area (Å²) in [4.78, 5) is 34.3. The fraction of sp³-hybridized carbons (Fsp3) is 0.391. The average molecular weight is 498 g/mol. The van der Waals surface area contributed by atoms with Crippen molar-refractivity contribution in [2.75, 3.05) is 37.7 Å². The predicted molar refractivity (Wildman–Crippen MR) is 134 cm³/mol. The van der Waals surface area contributed by atoms with Crippen molar-refractivity contribution in [3.8, 4) is 0 Å². The van der Waals surface area contributed by atoms with E-state index in [1.54, 1.807) is 40.8 Å². The second-order valence-corrected chi connectivity index (χ2v) is 9.72. The number of non-ortho nitro benzene ring substituents is 1. The number of hydrogen-bond donors (Lipinski definition) is 1. The Morgan fingerprint density at radius 2 is 2.00 bits per heavy atom. The number of hydrogen-bond acceptors (Lipinski definition) is 9. The number of ether oxygens (including phenoxy) is 1. The van der Waals surface area contributed by atoms with Crippen LogP contribution in [0.1, 0.15) is 19.4 Å². The molecule has 1 aliphatic rings. The van der Waals surface area contributed by atoms with Crippen LogP contribution in [0.25, 0.3) is 17.1 Å². The summed E-state index contributed by atoms with van der Waals surface area (Å²) in [5.74, 6) is 0.599. The van der Waals surface area contributed by atoms with Crippen molar-refractivity contribution < 1.29 is 14.5 Å². The lowest BCUT2D eigenvalue weighted by Gasteiger charge is -2.28. The van der Waals surface area contributed by atoms with Crippen LogP contribution in [0.4, 0.5) is 11.5 Å². The molecule has 1 fully saturated rings. The fourth-order valence-electron chi connectivity index (χ4n) is 3.59. The molecule has 4 rings (SSSR count). The zero-order valence-electron chi connectivity index (χ0n) is 19.6. The molecule has 184 valence electrons. The molecule has 1 aliphatic heterocycles. The molecular weight excluding hydrogens is 470 g/mol. The first-order chi connectivity index (χ1) is 16.9. The number of carbonyl (C=O) groups excluding carboxylic acids is 1. The van der Waals surface area contributed by atoms with Gasteiger partial charge in [0.05, 0.1) is 36.3 Å². The minimum absolute atomic E-state index is 0.00795. The molecule has 0 atom stereocenters. The van der Waals surface area contributed by atoms with Crippen LogP contribution in [0.3, 0.4) is 0 Å². The van der Waals surface area contributed by atoms with Crippen LogP contribution < -0.4 is 10.2 Å². The smallest absolute Gasteiger partial charge is 0.269 e. The molecule has 3 heterocycles. The van der Waals surface area contributed by atoms with Gasteiger partial charge in [-0.1, -0.05) is 25.6 Å². The van der Waals surface area contributed by atoms with Gasteiger partial charge >= 0.3 is 0 Å². The van der Waals surface area contributed by atoms with Crippen LogP contribution >= 0.6 is 11.8 Å². The van der Waals surface area contributed by atoms with Gasteiger partial charge in [-0.15, -0.1) is 0 Å². The highest BCUT2D eigenvalue weighted by Gasteiger charge is 2.20. The summed E-state index contributed by atoms with van der Waals surface area (Å²) in [7, 11) is 0. The van der Waals surface area contributed by atoms with Gasteiger partial charge in [-0.2, -0.15) is 5.10 Å². The van der Waals surface area contributed by atoms with Crippen molar-refractivity contribution in [3.05, 3.63) is 52.2 Å². The van der Waals surface area contributed by atoms with E-state index in [0.29, 0.717) is 42.3 Å². The number of morpholine rings is 1. The summed E-state index contributed by atoms with van der Waals surface area (Å²) < 4.78 is 7.27. The third-order valence-electron chi connectivity index (χ3n) is 5.26. The number of carbonyl (C=O) groups is 1. The first kappa shape index (κ1) is 24.6. The molecule has 0 unspecified atom stereocenters. The third-order valence-corrected chi connectivity index (χ3v) is 6.13. The van der Waals surface area contributed by atoms with Crippen LogP contribution in [0.15, 0.2) is 41.7 Å². The number of rotatable bonds is 9. The Hall–Kier alpha value is -3.51. The number of nitro groups is 1. The van der Waals surface area contributed by atoms with Crippen LogP contribution in [-0.4, -0.2) is 68.7 Å². The van der Waals surface area contributed by atoms with Gasteiger partial charge in [0, 0.05) is 43.1 Å². The highest BCUT2D eigenvalue weighted by molar-refractivity contribution is 7.99. The molecule has 35 heavy (non-hydrogen) atoms. The topological polar surface area (TPSA) is 128 Å². The Balaban J connectivity index is 1.43. The first-order valence-corrected chi connectivity index (χ1v) is 12.2. The number of nitrogens with one attached hydrogen (secondary N) is 1. The van der Waals surface area contributed by atoms with Crippen LogP contribution in [-0.2, 0) is 16.1 Å². The number of fused-ring (bicyclic) bond motifs is 1. The van der Waals surface area contributed by atoms with Gasteiger partial charge in [0.1, 0.15) is 5.82 Å². The average Bonchev–Trinajstić information content (AvgIpc) is 3.25. The number of nitro benzene ring substituents is 1. The second-order valence-electron chi connectivity index (χ2n) is 8.17. The summed E-state index contributed by atoms with van der Waals surface area (Å²) in [5.41, 5.74) is 1.44. The van der Waals surface area contributed by atoms with E-state index in [9.17, 15) is 14.9 Å². The Morgan fingerprint density at radius 3 is 2.69 bits per heavy atom. The molecule has 11 nitrogen and oxygen atoms in total. The van der Waals surface area contributed by atoms with E-state index < -0.39 is 4.92 Å². The molecular formula is C23H27N7O4S. The Bertz CT molecular complexity index is 1220. The number of nitrogens with zero attached hydrogens (tertiary/aromatic N) is 6. The zero-order valence-corrected chi connectivity index (χ0v) is 20.4. The summed E-state index contributed by atoms with van der Waals surface area (Å²) >= 11 is 1.60. The van der Waals surface area contributed by atoms with E-state index in [2.05, 4.69) is 29.2 Å². The number of benzene rings is 1. The zero-order chi connectivity index (χ0) is 24.8. The largest absolute Gasteiger partial charge is 0.378 e. The van der Waals surface area contributed by atoms with E-state index in [4.69, 9.17) is 14.7 Å². The molecule has 0 radical (unpaired) electrons. The van der Waals surface area contributed by atoms with Crippen molar-refractivity contribution in [1.82, 2.24) is 25.1 Å². The monoisotopic (exact) mass is 497 g/mol. The molecule has 1 aromatic carbocycles. The minimum Gasteiger partial charge on any atom is -0.378 e. The van der Waals surface area contributed by atoms with E-state index in [-0.39, 0.29) is 11.6 Å². The lowest BCUT2D eigenvalue weighted by molar-refractivity contribution is -0.384. The maximum Gasteiger partial charge on any atom is 0.269 e. The van der Waals surface area contributed by atoms with Crippen molar-refractivity contribution in [1.29, 1.82) is 0 Å². The summed E-state index contributed by atoms with van der Waals surface area (Å²) in [6.45, 7) is 7.86. The molecule has 1 N–H and O–H groups in total. The number of thioether (sulfide) groups is 1. The maximum atomic E-state index is 12.2. The molecule has 2 aromatic heterocycles. The van der Waals surface area contributed by atoms with Crippen LogP contribution in [0.5, 0.6) is 0 Å². The van der Waals surface area contributed by atoms with Crippen molar-refractivity contribution in [2.24, 2.45) is 0 Å². The fourth-order valence-corrected chi connectivity index (χ4v) is 4.29. The number of anilines is 1. The Morgan fingerprint density at radius 1 is 1.26 bits per heavy atom. The van der Waals surface area contributed by atoms with Gasteiger partial charge in [-0.3, -0.25) is 14.9 Å². The van der Waals surface area contributed by atoms with E-state index in [1.165, 1.54) is 18.2 Å². The maximum absolute atomic E-state index is 12.2. The van der Waals surface area contributed by atoms with Crippen LogP contribution in [0.2, 0.25) is 0 Å². The van der Waals surface area contributed by atoms with Crippen molar-refractivity contribution in [2.45, 2.75) is 30.8 Å². The van der Waals surface area contributed by atoms with Crippen molar-refractivity contribution >= 4 is 46.3 Å². The highest BCUT2D eigenvalue weighted by Crippen LogP contribution is 2.29. The van der Waals surface area contributed by atoms with Gasteiger partial charge in [0.25, 0.3) is 5.69 Å². The molecule has 0 spiro atoms. The molecule has 0 saturated carbocycles. The first-order valence-electron chi connectivity index (χ1n) is 11.3. The normalized spacial score (nSPS) is 14.2. The van der Waals surface area contributed by atoms with Gasteiger partial charge in [-0.25, -0.2) is 14.6 Å². The standard InChI is InChI=1S/C23H27N7O4S/c1-16(2)35-23-26-21(28-11-13-34-14-12-28)19-15-25-29(22(19)27-23)10-9-24-20(31)8-5-17-3-6-18(7-4-17)30(32)33/h3-8,15-16H,9-14H2,1-2H3,(H,24,31)/b8-5-. The van der Waals surface area contributed by atoms with E-state index >= 15 is 0 Å². The summed E-state index contributed by atoms with van der Waals surface area (Å²) in [6.07, 6.45) is 4.79. The highest BCUT2D eigenvalue weighted by atomic mass is 32.2. The minimum atomic E-state index is -0.460. The summed E-state index contributed by atoms with van der Waals surface area (Å²) in [5, 5.41) is 20.0. The predicted octanol–water partition coefficient (Wildman–Crippen LogP) is 2.90. The quantitative estimate of drug-likeness (QED) is 0.156. The molecule has 12 heteroatoms. The van der Waals surface area contributed by atoms with E-state index in [1.807, 2.05) is 0 Å². The van der Waals surface area contributed by atoms with E-state index in [0.717, 1.165) is 29.9 Å². The third kappa shape index (κ3) is 6.34. The van der Waals surface area contributed by atoms with Gasteiger partial charge in [0.2, 0.25) is 5.91 Å². The molecule has 0 bridgehead atoms. The van der Waals surface area contributed by atoms with Gasteiger partial charge < -0.3 is 15.0 Å². The number of aromatic nitrogens is 4. The lowest BCUT2D eigenvalue weighted by atomic mass is 10.2. The van der Waals surface area contributed by atoms with Gasteiger partial charge in [-0.05, 0) is 23.8 Å². The SMILES string of the molecule is CC(C)Sc1nc(N2CCOCC2)c2cnn(CCNC(=O)/C=C\c3ccc([N+](=O)[O-])cc3)c2n1. The molecule has 1 saturated heterocycles. The molecule has 0 aliphatic carbocycles. The molecule has 1 amide bonds. The lowest BCUT2D eigenvalue weighted by Crippen LogP contribution is -2.37. The van der Waals surface area contributed by atoms with Crippen molar-refractivity contribution in [3.63, 3.8) is 0 Å². The van der Waals surface area contributed by atoms with Gasteiger partial charge in [0.15, 0.2) is 10.8 Å². The summed E-state index contributed by atoms with van der Waals surface area (Å²) in [6, 6.07) is 5.99. The second kappa shape index (κ2) is 11.3. The number of amides is 1.